The largest absolute Gasteiger partial charge is 0.444 e. The second-order valence-corrected chi connectivity index (χ2v) is 19.5. The van der Waals surface area contributed by atoms with E-state index >= 15 is 0 Å². The molecule has 4 heterocycles. The van der Waals surface area contributed by atoms with Crippen molar-refractivity contribution in [3.63, 3.8) is 0 Å². The number of hydrogen-bond acceptors (Lipinski definition) is 7. The van der Waals surface area contributed by atoms with E-state index < -0.39 is 13.7 Å². The minimum atomic E-state index is -1.12. The molecule has 1 aliphatic heterocycles. The van der Waals surface area contributed by atoms with Crippen LogP contribution < -0.4 is 0 Å². The lowest BCUT2D eigenvalue weighted by molar-refractivity contribution is -0.0261. The van der Waals surface area contributed by atoms with Crippen LogP contribution >= 0.6 is 0 Å². The van der Waals surface area contributed by atoms with Gasteiger partial charge in [0.15, 0.2) is 0 Å². The van der Waals surface area contributed by atoms with Crippen LogP contribution in [0, 0.1) is 11.3 Å². The first kappa shape index (κ1) is 30.4. The number of amides is 1. The molecular formula is C31H47N7O3Si. The van der Waals surface area contributed by atoms with Crippen molar-refractivity contribution in [2.45, 2.75) is 83.7 Å². The molecule has 1 saturated carbocycles. The van der Waals surface area contributed by atoms with Gasteiger partial charge in [0, 0.05) is 82.4 Å². The van der Waals surface area contributed by atoms with Crippen molar-refractivity contribution in [1.82, 2.24) is 29.1 Å². The number of hydrogen-bond donors (Lipinski definition) is 1. The maximum absolute atomic E-state index is 12.5. The maximum Gasteiger partial charge on any atom is 0.410 e. The van der Waals surface area contributed by atoms with E-state index in [1.807, 2.05) is 38.1 Å². The smallest absolute Gasteiger partial charge is 0.410 e. The van der Waals surface area contributed by atoms with Crippen LogP contribution in [0.5, 0.6) is 0 Å². The number of nitrogens with zero attached hydrogens (tertiary/aromatic N) is 6. The zero-order valence-corrected chi connectivity index (χ0v) is 27.0. The average molecular weight is 594 g/mol. The van der Waals surface area contributed by atoms with E-state index in [4.69, 9.17) is 20.0 Å². The Morgan fingerprint density at radius 1 is 1.14 bits per heavy atom. The summed E-state index contributed by atoms with van der Waals surface area (Å²) in [6.07, 6.45) is 11.0. The van der Waals surface area contributed by atoms with Crippen LogP contribution in [0.3, 0.4) is 0 Å². The quantitative estimate of drug-likeness (QED) is 0.183. The fourth-order valence-electron chi connectivity index (χ4n) is 6.04. The molecule has 1 aliphatic carbocycles. The van der Waals surface area contributed by atoms with Gasteiger partial charge in [0.1, 0.15) is 18.0 Å². The summed E-state index contributed by atoms with van der Waals surface area (Å²) in [5.74, 6) is 0.315. The first-order valence-corrected chi connectivity index (χ1v) is 18.9. The fraction of sp³-hybridized carbons (Fsp3) is 0.613. The van der Waals surface area contributed by atoms with E-state index in [0.717, 1.165) is 60.7 Å². The third-order valence-electron chi connectivity index (χ3n) is 8.44. The monoisotopic (exact) mass is 593 g/mol. The van der Waals surface area contributed by atoms with Crippen LogP contribution in [0.4, 0.5) is 4.79 Å². The Hall–Kier alpha value is -3.02. The maximum atomic E-state index is 12.5. The van der Waals surface area contributed by atoms with Crippen LogP contribution in [-0.4, -0.2) is 93.9 Å². The molecule has 10 nitrogen and oxygen atoms in total. The second kappa shape index (κ2) is 12.3. The van der Waals surface area contributed by atoms with Gasteiger partial charge in [0.25, 0.3) is 0 Å². The number of rotatable bonds is 10. The Morgan fingerprint density at radius 3 is 2.60 bits per heavy atom. The van der Waals surface area contributed by atoms with Gasteiger partial charge in [-0.15, -0.1) is 0 Å². The first-order chi connectivity index (χ1) is 19.9. The van der Waals surface area contributed by atoms with Crippen molar-refractivity contribution in [2.75, 3.05) is 32.8 Å². The number of aromatic nitrogens is 4. The highest BCUT2D eigenvalue weighted by Gasteiger charge is 2.46. The SMILES string of the molecule is CC(C)(C)OC(=O)N1CCN(C2CC(n3cc(-c4ccnc5c4ccn5COCC[Si](C)(C)C)cn3)C2CC=N)CC1. The molecule has 42 heavy (non-hydrogen) atoms. The van der Waals surface area contributed by atoms with E-state index in [9.17, 15) is 4.79 Å². The van der Waals surface area contributed by atoms with Crippen LogP contribution in [-0.2, 0) is 16.2 Å². The molecule has 3 unspecified atom stereocenters. The van der Waals surface area contributed by atoms with Crippen LogP contribution in [0.25, 0.3) is 22.2 Å². The predicted molar refractivity (Wildman–Crippen MR) is 169 cm³/mol. The zero-order valence-electron chi connectivity index (χ0n) is 26.0. The van der Waals surface area contributed by atoms with Gasteiger partial charge in [0.05, 0.1) is 12.2 Å². The lowest BCUT2D eigenvalue weighted by atomic mass is 9.71. The average Bonchev–Trinajstić information content (AvgIpc) is 3.55. The number of carbonyl (C=O) groups is 1. The third-order valence-corrected chi connectivity index (χ3v) is 10.1. The predicted octanol–water partition coefficient (Wildman–Crippen LogP) is 5.73. The summed E-state index contributed by atoms with van der Waals surface area (Å²) in [4.78, 5) is 21.5. The molecule has 1 saturated heterocycles. The van der Waals surface area contributed by atoms with Gasteiger partial charge >= 0.3 is 6.09 Å². The van der Waals surface area contributed by atoms with Crippen molar-refractivity contribution >= 4 is 31.4 Å². The molecule has 3 aromatic heterocycles. The molecule has 0 aromatic carbocycles. The van der Waals surface area contributed by atoms with E-state index in [1.54, 1.807) is 0 Å². The van der Waals surface area contributed by atoms with Crippen molar-refractivity contribution in [1.29, 1.82) is 5.41 Å². The number of fused-ring (bicyclic) bond motifs is 1. The normalized spacial score (nSPS) is 21.9. The molecule has 3 aromatic rings. The van der Waals surface area contributed by atoms with Gasteiger partial charge in [-0.2, -0.15) is 5.10 Å². The summed E-state index contributed by atoms with van der Waals surface area (Å²) >= 11 is 0. The lowest BCUT2D eigenvalue weighted by Gasteiger charge is -2.51. The van der Waals surface area contributed by atoms with Gasteiger partial charge in [-0.05, 0) is 63.6 Å². The van der Waals surface area contributed by atoms with Crippen LogP contribution in [0.15, 0.2) is 36.9 Å². The Labute approximate surface area is 250 Å². The molecule has 1 N–H and O–H groups in total. The molecule has 2 aliphatic rings. The Bertz CT molecular complexity index is 1380. The molecule has 0 spiro atoms. The Kier molecular flexibility index (Phi) is 8.91. The van der Waals surface area contributed by atoms with Gasteiger partial charge in [0.2, 0.25) is 0 Å². The van der Waals surface area contributed by atoms with Crippen molar-refractivity contribution in [2.24, 2.45) is 5.92 Å². The third kappa shape index (κ3) is 6.95. The topological polar surface area (TPSA) is 102 Å². The van der Waals surface area contributed by atoms with Crippen molar-refractivity contribution in [3.8, 4) is 11.1 Å². The molecule has 2 fully saturated rings. The summed E-state index contributed by atoms with van der Waals surface area (Å²) in [7, 11) is -1.12. The molecule has 5 rings (SSSR count). The molecular weight excluding hydrogens is 546 g/mol. The summed E-state index contributed by atoms with van der Waals surface area (Å²) in [5, 5.41) is 13.8. The summed E-state index contributed by atoms with van der Waals surface area (Å²) in [6.45, 7) is 17.1. The van der Waals surface area contributed by atoms with Crippen molar-refractivity contribution in [3.05, 3.63) is 36.9 Å². The van der Waals surface area contributed by atoms with Gasteiger partial charge in [-0.3, -0.25) is 9.58 Å². The molecule has 0 bridgehead atoms. The minimum absolute atomic E-state index is 0.233. The molecule has 228 valence electrons. The standard InChI is InChI=1S/C31H47N7O3Si/c1-31(2,3)41-30(39)36-15-13-35(14-16-36)27-19-28(26(27)7-10-32)38-21-23(20-34-38)24-8-11-33-29-25(24)9-12-37(29)22-40-17-18-42(4,5)6/h8-12,20-21,26-28,32H,7,13-19,22H2,1-6H3. The fourth-order valence-corrected chi connectivity index (χ4v) is 6.80. The van der Waals surface area contributed by atoms with E-state index in [1.165, 1.54) is 6.21 Å². The second-order valence-electron chi connectivity index (χ2n) is 13.9. The van der Waals surface area contributed by atoms with Crippen molar-refractivity contribution < 1.29 is 14.3 Å². The summed E-state index contributed by atoms with van der Waals surface area (Å²) < 4.78 is 15.7. The van der Waals surface area contributed by atoms with E-state index in [0.29, 0.717) is 31.8 Å². The molecule has 0 radical (unpaired) electrons. The highest BCUT2D eigenvalue weighted by molar-refractivity contribution is 6.76. The number of nitrogens with one attached hydrogen (secondary N) is 1. The minimum Gasteiger partial charge on any atom is -0.444 e. The molecule has 1 amide bonds. The summed E-state index contributed by atoms with van der Waals surface area (Å²) in [5.41, 5.74) is 2.62. The van der Waals surface area contributed by atoms with E-state index in [-0.39, 0.29) is 12.1 Å². The van der Waals surface area contributed by atoms with Gasteiger partial charge < -0.3 is 24.4 Å². The van der Waals surface area contributed by atoms with Crippen LogP contribution in [0.2, 0.25) is 25.7 Å². The Morgan fingerprint density at radius 2 is 1.90 bits per heavy atom. The lowest BCUT2D eigenvalue weighted by Crippen LogP contribution is -2.59. The summed E-state index contributed by atoms with van der Waals surface area (Å²) in [6, 6.07) is 5.95. The number of piperazine rings is 1. The number of carbonyl (C=O) groups excluding carboxylic acids is 1. The zero-order chi connectivity index (χ0) is 30.1. The number of pyridine rings is 1. The molecule has 11 heteroatoms. The highest BCUT2D eigenvalue weighted by Crippen LogP contribution is 2.44. The van der Waals surface area contributed by atoms with Gasteiger partial charge in [-0.25, -0.2) is 9.78 Å². The Balaban J connectivity index is 1.23. The van der Waals surface area contributed by atoms with E-state index in [2.05, 4.69) is 63.3 Å². The van der Waals surface area contributed by atoms with Crippen LogP contribution in [0.1, 0.15) is 39.7 Å². The number of ether oxygens (including phenoxy) is 2. The molecule has 3 atom stereocenters. The van der Waals surface area contributed by atoms with Gasteiger partial charge in [-0.1, -0.05) is 19.6 Å². The highest BCUT2D eigenvalue weighted by atomic mass is 28.3. The first-order valence-electron chi connectivity index (χ1n) is 15.2.